The molecule has 0 fully saturated rings. The second-order valence-corrected chi connectivity index (χ2v) is 3.82. The number of halogens is 1. The van der Waals surface area contributed by atoms with E-state index >= 15 is 0 Å². The summed E-state index contributed by atoms with van der Waals surface area (Å²) in [5.74, 6) is -1.12. The number of anilines is 1. The molecule has 2 aromatic rings. The third kappa shape index (κ3) is 2.53. The van der Waals surface area contributed by atoms with Crippen LogP contribution in [0, 0.1) is 5.95 Å². The van der Waals surface area contributed by atoms with Crippen molar-refractivity contribution < 1.29 is 9.18 Å². The molecule has 2 aromatic heterocycles. The van der Waals surface area contributed by atoms with Gasteiger partial charge >= 0.3 is 0 Å². The van der Waals surface area contributed by atoms with Crippen LogP contribution in [0.1, 0.15) is 23.1 Å². The molecular weight excluding hydrogens is 235 g/mol. The van der Waals surface area contributed by atoms with Gasteiger partial charge in [-0.2, -0.15) is 9.49 Å². The van der Waals surface area contributed by atoms with E-state index in [9.17, 15) is 9.18 Å². The van der Waals surface area contributed by atoms with Crippen LogP contribution in [0.5, 0.6) is 0 Å². The molecule has 0 atom stereocenters. The lowest BCUT2D eigenvalue weighted by atomic mass is 10.3. The number of aryl methyl sites for hydroxylation is 2. The summed E-state index contributed by atoms with van der Waals surface area (Å²) in [5, 5.41) is 6.88. The molecular formula is C12H13FN4O. The standard InChI is InChI=1S/C12H13FN4O/c1-3-8-10(7-17(2)16-8)15-12(18)9-5-4-6-11(13)14-9/h4-7H,3H2,1-2H3,(H,15,18). The topological polar surface area (TPSA) is 59.8 Å². The van der Waals surface area contributed by atoms with Crippen molar-refractivity contribution in [3.05, 3.63) is 41.7 Å². The van der Waals surface area contributed by atoms with E-state index in [0.29, 0.717) is 12.1 Å². The van der Waals surface area contributed by atoms with Gasteiger partial charge in [0.05, 0.1) is 11.4 Å². The van der Waals surface area contributed by atoms with Crippen molar-refractivity contribution in [1.82, 2.24) is 14.8 Å². The fraction of sp³-hybridized carbons (Fsp3) is 0.250. The van der Waals surface area contributed by atoms with Crippen molar-refractivity contribution in [2.75, 3.05) is 5.32 Å². The highest BCUT2D eigenvalue weighted by molar-refractivity contribution is 6.03. The van der Waals surface area contributed by atoms with E-state index in [-0.39, 0.29) is 5.69 Å². The SMILES string of the molecule is CCc1nn(C)cc1NC(=O)c1cccc(F)n1. The van der Waals surface area contributed by atoms with E-state index in [4.69, 9.17) is 0 Å². The highest BCUT2D eigenvalue weighted by Crippen LogP contribution is 2.14. The highest BCUT2D eigenvalue weighted by Gasteiger charge is 2.12. The monoisotopic (exact) mass is 248 g/mol. The van der Waals surface area contributed by atoms with Crippen LogP contribution in [0.4, 0.5) is 10.1 Å². The second kappa shape index (κ2) is 4.95. The summed E-state index contributed by atoms with van der Waals surface area (Å²) >= 11 is 0. The number of aromatic nitrogens is 3. The Labute approximate surface area is 104 Å². The fourth-order valence-electron chi connectivity index (χ4n) is 1.62. The van der Waals surface area contributed by atoms with Crippen molar-refractivity contribution >= 4 is 11.6 Å². The molecule has 0 aromatic carbocycles. The molecule has 0 unspecified atom stereocenters. The Morgan fingerprint density at radius 1 is 1.50 bits per heavy atom. The third-order valence-electron chi connectivity index (χ3n) is 2.44. The maximum Gasteiger partial charge on any atom is 0.274 e. The summed E-state index contributed by atoms with van der Waals surface area (Å²) in [4.78, 5) is 15.4. The molecule has 94 valence electrons. The number of nitrogens with zero attached hydrogens (tertiary/aromatic N) is 3. The second-order valence-electron chi connectivity index (χ2n) is 3.82. The molecule has 2 rings (SSSR count). The Morgan fingerprint density at radius 3 is 2.94 bits per heavy atom. The van der Waals surface area contributed by atoms with Gasteiger partial charge in [-0.3, -0.25) is 9.48 Å². The molecule has 0 aliphatic heterocycles. The van der Waals surface area contributed by atoms with Gasteiger partial charge in [0.25, 0.3) is 5.91 Å². The number of carbonyl (C=O) groups excluding carboxylic acids is 1. The zero-order chi connectivity index (χ0) is 13.1. The molecule has 5 nitrogen and oxygen atoms in total. The lowest BCUT2D eigenvalue weighted by Crippen LogP contribution is -2.14. The van der Waals surface area contributed by atoms with E-state index in [1.165, 1.54) is 18.2 Å². The van der Waals surface area contributed by atoms with Crippen LogP contribution < -0.4 is 5.32 Å². The Bertz CT molecular complexity index is 579. The van der Waals surface area contributed by atoms with E-state index < -0.39 is 11.9 Å². The van der Waals surface area contributed by atoms with E-state index in [1.54, 1.807) is 17.9 Å². The van der Waals surface area contributed by atoms with Crippen molar-refractivity contribution in [3.63, 3.8) is 0 Å². The third-order valence-corrected chi connectivity index (χ3v) is 2.44. The van der Waals surface area contributed by atoms with Crippen LogP contribution in [-0.2, 0) is 13.5 Å². The maximum atomic E-state index is 12.9. The van der Waals surface area contributed by atoms with Gasteiger partial charge in [-0.05, 0) is 18.6 Å². The molecule has 0 saturated carbocycles. The van der Waals surface area contributed by atoms with Crippen molar-refractivity contribution in [2.45, 2.75) is 13.3 Å². The summed E-state index contributed by atoms with van der Waals surface area (Å²) in [6.45, 7) is 1.94. The largest absolute Gasteiger partial charge is 0.318 e. The number of hydrogen-bond donors (Lipinski definition) is 1. The van der Waals surface area contributed by atoms with Crippen LogP contribution in [0.25, 0.3) is 0 Å². The number of amides is 1. The average molecular weight is 248 g/mol. The predicted molar refractivity (Wildman–Crippen MR) is 64.7 cm³/mol. The van der Waals surface area contributed by atoms with Crippen LogP contribution in [0.2, 0.25) is 0 Å². The molecule has 0 spiro atoms. The summed E-state index contributed by atoms with van der Waals surface area (Å²) < 4.78 is 14.5. The van der Waals surface area contributed by atoms with Gasteiger partial charge in [-0.25, -0.2) is 4.98 Å². The van der Waals surface area contributed by atoms with Gasteiger partial charge in [-0.1, -0.05) is 13.0 Å². The molecule has 0 saturated heterocycles. The molecule has 0 radical (unpaired) electrons. The van der Waals surface area contributed by atoms with Crippen LogP contribution in [-0.4, -0.2) is 20.7 Å². The van der Waals surface area contributed by atoms with E-state index in [2.05, 4.69) is 15.4 Å². The Balaban J connectivity index is 2.21. The lowest BCUT2D eigenvalue weighted by Gasteiger charge is -2.03. The molecule has 2 heterocycles. The normalized spacial score (nSPS) is 10.4. The molecule has 1 amide bonds. The van der Waals surface area contributed by atoms with Crippen LogP contribution in [0.3, 0.4) is 0 Å². The molecule has 6 heteroatoms. The van der Waals surface area contributed by atoms with Gasteiger partial charge < -0.3 is 5.32 Å². The zero-order valence-electron chi connectivity index (χ0n) is 10.1. The molecule has 1 N–H and O–H groups in total. The van der Waals surface area contributed by atoms with Crippen molar-refractivity contribution in [2.24, 2.45) is 7.05 Å². The van der Waals surface area contributed by atoms with Gasteiger partial charge in [0.2, 0.25) is 5.95 Å². The minimum Gasteiger partial charge on any atom is -0.318 e. The molecule has 0 aliphatic rings. The zero-order valence-corrected chi connectivity index (χ0v) is 10.1. The molecule has 0 bridgehead atoms. The van der Waals surface area contributed by atoms with E-state index in [1.807, 2.05) is 6.92 Å². The van der Waals surface area contributed by atoms with Crippen molar-refractivity contribution in [3.8, 4) is 0 Å². The smallest absolute Gasteiger partial charge is 0.274 e. The van der Waals surface area contributed by atoms with Gasteiger partial charge in [-0.15, -0.1) is 0 Å². The first-order valence-electron chi connectivity index (χ1n) is 5.56. The minimum atomic E-state index is -0.676. The maximum absolute atomic E-state index is 12.9. The fourth-order valence-corrected chi connectivity index (χ4v) is 1.62. The summed E-state index contributed by atoms with van der Waals surface area (Å²) in [7, 11) is 1.77. The van der Waals surface area contributed by atoms with Gasteiger partial charge in [0.1, 0.15) is 5.69 Å². The van der Waals surface area contributed by atoms with Crippen LogP contribution >= 0.6 is 0 Å². The average Bonchev–Trinajstić information content (AvgIpc) is 2.69. The minimum absolute atomic E-state index is 0.0425. The lowest BCUT2D eigenvalue weighted by molar-refractivity contribution is 0.102. The first-order chi connectivity index (χ1) is 8.60. The quantitative estimate of drug-likeness (QED) is 0.842. The Hall–Kier alpha value is -2.24. The van der Waals surface area contributed by atoms with Gasteiger partial charge in [0, 0.05) is 13.2 Å². The molecule has 0 aliphatic carbocycles. The number of pyridine rings is 1. The van der Waals surface area contributed by atoms with Gasteiger partial charge in [0.15, 0.2) is 0 Å². The van der Waals surface area contributed by atoms with Crippen molar-refractivity contribution in [1.29, 1.82) is 0 Å². The van der Waals surface area contributed by atoms with E-state index in [0.717, 1.165) is 5.69 Å². The number of carbonyl (C=O) groups is 1. The number of hydrogen-bond acceptors (Lipinski definition) is 3. The first kappa shape index (κ1) is 12.2. The summed E-state index contributed by atoms with van der Waals surface area (Å²) in [6.07, 6.45) is 2.41. The number of rotatable bonds is 3. The predicted octanol–water partition coefficient (Wildman–Crippen LogP) is 1.77. The number of nitrogens with one attached hydrogen (secondary N) is 1. The molecule has 18 heavy (non-hydrogen) atoms. The van der Waals surface area contributed by atoms with Crippen LogP contribution in [0.15, 0.2) is 24.4 Å². The first-order valence-corrected chi connectivity index (χ1v) is 5.56. The summed E-state index contributed by atoms with van der Waals surface area (Å²) in [5.41, 5.74) is 1.44. The summed E-state index contributed by atoms with van der Waals surface area (Å²) in [6, 6.07) is 4.10. The highest BCUT2D eigenvalue weighted by atomic mass is 19.1. The Kier molecular flexibility index (Phi) is 3.36. The Morgan fingerprint density at radius 2 is 2.28 bits per heavy atom.